The van der Waals surface area contributed by atoms with Crippen LogP contribution >= 0.6 is 0 Å². The van der Waals surface area contributed by atoms with Gasteiger partial charge in [0.1, 0.15) is 6.04 Å². The van der Waals surface area contributed by atoms with Crippen molar-refractivity contribution in [1.82, 2.24) is 10.6 Å². The van der Waals surface area contributed by atoms with Gasteiger partial charge in [-0.1, -0.05) is 41.5 Å². The van der Waals surface area contributed by atoms with Crippen LogP contribution < -0.4 is 10.6 Å². The van der Waals surface area contributed by atoms with E-state index in [1.54, 1.807) is 20.8 Å². The Morgan fingerprint density at radius 1 is 1.05 bits per heavy atom. The van der Waals surface area contributed by atoms with Crippen molar-refractivity contribution in [2.75, 3.05) is 6.54 Å². The van der Waals surface area contributed by atoms with E-state index in [0.29, 0.717) is 13.0 Å². The zero-order valence-corrected chi connectivity index (χ0v) is 13.9. The van der Waals surface area contributed by atoms with Crippen LogP contribution in [0.15, 0.2) is 0 Å². The van der Waals surface area contributed by atoms with E-state index in [1.807, 2.05) is 20.8 Å². The number of rotatable bonds is 6. The van der Waals surface area contributed by atoms with Gasteiger partial charge < -0.3 is 15.7 Å². The summed E-state index contributed by atoms with van der Waals surface area (Å²) in [5.41, 5.74) is -1.01. The summed E-state index contributed by atoms with van der Waals surface area (Å²) in [6, 6.07) is -0.922. The Morgan fingerprint density at radius 2 is 1.57 bits per heavy atom. The first-order chi connectivity index (χ1) is 9.35. The zero-order valence-electron chi connectivity index (χ0n) is 13.9. The molecule has 0 aliphatic carbocycles. The second-order valence-corrected chi connectivity index (χ2v) is 7.31. The molecule has 0 aliphatic rings. The van der Waals surface area contributed by atoms with Gasteiger partial charge in [0.25, 0.3) is 0 Å². The van der Waals surface area contributed by atoms with E-state index in [9.17, 15) is 14.4 Å². The molecule has 0 aliphatic heterocycles. The molecule has 2 amide bonds. The molecule has 0 aromatic carbocycles. The van der Waals surface area contributed by atoms with Gasteiger partial charge in [-0.05, 0) is 11.8 Å². The minimum absolute atomic E-state index is 0.0685. The lowest BCUT2D eigenvalue weighted by atomic mass is 9.86. The van der Waals surface area contributed by atoms with E-state index < -0.39 is 22.8 Å². The van der Waals surface area contributed by atoms with Gasteiger partial charge in [0.2, 0.25) is 11.8 Å². The number of hydrogen-bond acceptors (Lipinski definition) is 3. The molecule has 0 fully saturated rings. The third-order valence-corrected chi connectivity index (χ3v) is 2.97. The van der Waals surface area contributed by atoms with Gasteiger partial charge in [-0.3, -0.25) is 9.59 Å². The van der Waals surface area contributed by atoms with E-state index in [1.165, 1.54) is 0 Å². The Labute approximate surface area is 126 Å². The molecule has 0 heterocycles. The van der Waals surface area contributed by atoms with Crippen LogP contribution in [-0.2, 0) is 14.4 Å². The standard InChI is InChI=1S/C15H28N2O4/c1-14(2,3)11(12(19)20)17-10(18)8-7-9-16-13(21)15(4,5)6/h11H,7-9H2,1-6H3,(H,16,21)(H,17,18)(H,19,20)/t11-/m1/s1. The van der Waals surface area contributed by atoms with Crippen LogP contribution in [0.4, 0.5) is 0 Å². The van der Waals surface area contributed by atoms with Crippen LogP contribution in [0.5, 0.6) is 0 Å². The van der Waals surface area contributed by atoms with Crippen LogP contribution in [-0.4, -0.2) is 35.5 Å². The summed E-state index contributed by atoms with van der Waals surface area (Å²) in [5.74, 6) is -1.43. The van der Waals surface area contributed by atoms with Crippen LogP contribution in [0.1, 0.15) is 54.4 Å². The first-order valence-electron chi connectivity index (χ1n) is 7.16. The Balaban J connectivity index is 4.17. The van der Waals surface area contributed by atoms with Crippen molar-refractivity contribution >= 4 is 17.8 Å². The number of nitrogens with one attached hydrogen (secondary N) is 2. The predicted octanol–water partition coefficient (Wildman–Crippen LogP) is 1.54. The third-order valence-electron chi connectivity index (χ3n) is 2.97. The first kappa shape index (κ1) is 19.4. The molecule has 6 nitrogen and oxygen atoms in total. The highest BCUT2D eigenvalue weighted by atomic mass is 16.4. The topological polar surface area (TPSA) is 95.5 Å². The summed E-state index contributed by atoms with van der Waals surface area (Å²) in [6.45, 7) is 11.1. The Bertz CT molecular complexity index is 391. The van der Waals surface area contributed by atoms with Crippen LogP contribution in [0.2, 0.25) is 0 Å². The maximum Gasteiger partial charge on any atom is 0.326 e. The van der Waals surface area contributed by atoms with Gasteiger partial charge >= 0.3 is 5.97 Å². The van der Waals surface area contributed by atoms with Gasteiger partial charge in [-0.2, -0.15) is 0 Å². The molecule has 122 valence electrons. The van der Waals surface area contributed by atoms with E-state index >= 15 is 0 Å². The molecule has 0 spiro atoms. The van der Waals surface area contributed by atoms with Crippen molar-refractivity contribution in [3.63, 3.8) is 0 Å². The SMILES string of the molecule is CC(C)(C)C(=O)NCCCC(=O)N[C@H](C(=O)O)C(C)(C)C. The Kier molecular flexibility index (Phi) is 6.86. The van der Waals surface area contributed by atoms with Crippen LogP contribution in [0.25, 0.3) is 0 Å². The largest absolute Gasteiger partial charge is 0.480 e. The molecule has 6 heteroatoms. The van der Waals surface area contributed by atoms with Gasteiger partial charge in [0.15, 0.2) is 0 Å². The molecular weight excluding hydrogens is 272 g/mol. The highest BCUT2D eigenvalue weighted by Crippen LogP contribution is 2.19. The van der Waals surface area contributed by atoms with Gasteiger partial charge in [0, 0.05) is 18.4 Å². The summed E-state index contributed by atoms with van der Waals surface area (Å²) < 4.78 is 0. The number of carboxylic acid groups (broad SMARTS) is 1. The van der Waals surface area contributed by atoms with Gasteiger partial charge in [-0.25, -0.2) is 4.79 Å². The van der Waals surface area contributed by atoms with Crippen molar-refractivity contribution in [3.05, 3.63) is 0 Å². The lowest BCUT2D eigenvalue weighted by Crippen LogP contribution is -2.49. The lowest BCUT2D eigenvalue weighted by molar-refractivity contribution is -0.144. The Morgan fingerprint density at radius 3 is 1.95 bits per heavy atom. The average molecular weight is 300 g/mol. The molecule has 1 atom stereocenters. The molecule has 0 bridgehead atoms. The minimum atomic E-state index is -1.04. The molecule has 3 N–H and O–H groups in total. The molecule has 0 saturated heterocycles. The van der Waals surface area contributed by atoms with Crippen molar-refractivity contribution in [2.24, 2.45) is 10.8 Å². The van der Waals surface area contributed by atoms with Crippen molar-refractivity contribution < 1.29 is 19.5 Å². The number of aliphatic carboxylic acids is 1. The summed E-state index contributed by atoms with van der Waals surface area (Å²) in [7, 11) is 0. The number of carbonyl (C=O) groups excluding carboxylic acids is 2. The van der Waals surface area contributed by atoms with Crippen LogP contribution in [0, 0.1) is 10.8 Å². The average Bonchev–Trinajstić information content (AvgIpc) is 2.28. The fraction of sp³-hybridized carbons (Fsp3) is 0.800. The van der Waals surface area contributed by atoms with Crippen molar-refractivity contribution in [3.8, 4) is 0 Å². The van der Waals surface area contributed by atoms with Crippen molar-refractivity contribution in [2.45, 2.75) is 60.4 Å². The highest BCUT2D eigenvalue weighted by molar-refractivity contribution is 5.84. The number of amides is 2. The predicted molar refractivity (Wildman–Crippen MR) is 80.7 cm³/mol. The fourth-order valence-corrected chi connectivity index (χ4v) is 1.60. The maximum atomic E-state index is 11.8. The minimum Gasteiger partial charge on any atom is -0.480 e. The zero-order chi connectivity index (χ0) is 16.8. The second-order valence-electron chi connectivity index (χ2n) is 7.31. The number of carboxylic acids is 1. The summed E-state index contributed by atoms with van der Waals surface area (Å²) in [5, 5.41) is 14.4. The molecule has 0 rings (SSSR count). The maximum absolute atomic E-state index is 11.8. The Hall–Kier alpha value is -1.59. The molecule has 0 saturated carbocycles. The van der Waals surface area contributed by atoms with Gasteiger partial charge in [0.05, 0.1) is 0 Å². The van der Waals surface area contributed by atoms with E-state index in [-0.39, 0.29) is 18.2 Å². The molecule has 0 unspecified atom stereocenters. The number of hydrogen-bond donors (Lipinski definition) is 3. The van der Waals surface area contributed by atoms with Crippen molar-refractivity contribution in [1.29, 1.82) is 0 Å². The summed E-state index contributed by atoms with van der Waals surface area (Å²) >= 11 is 0. The lowest BCUT2D eigenvalue weighted by Gasteiger charge is -2.27. The van der Waals surface area contributed by atoms with E-state index in [0.717, 1.165) is 0 Å². The molecule has 0 radical (unpaired) electrons. The fourth-order valence-electron chi connectivity index (χ4n) is 1.60. The highest BCUT2D eigenvalue weighted by Gasteiger charge is 2.32. The molecule has 21 heavy (non-hydrogen) atoms. The van der Waals surface area contributed by atoms with Gasteiger partial charge in [-0.15, -0.1) is 0 Å². The van der Waals surface area contributed by atoms with E-state index in [4.69, 9.17) is 5.11 Å². The van der Waals surface area contributed by atoms with Crippen LogP contribution in [0.3, 0.4) is 0 Å². The monoisotopic (exact) mass is 300 g/mol. The summed E-state index contributed by atoms with van der Waals surface area (Å²) in [6.07, 6.45) is 0.661. The second kappa shape index (κ2) is 7.43. The number of carbonyl (C=O) groups is 3. The molecule has 0 aromatic heterocycles. The quantitative estimate of drug-likeness (QED) is 0.648. The normalized spacial score (nSPS) is 13.4. The molecule has 0 aromatic rings. The third kappa shape index (κ3) is 7.68. The smallest absolute Gasteiger partial charge is 0.326 e. The molecular formula is C15H28N2O4. The van der Waals surface area contributed by atoms with E-state index in [2.05, 4.69) is 10.6 Å². The first-order valence-corrected chi connectivity index (χ1v) is 7.16. The summed E-state index contributed by atoms with van der Waals surface area (Å²) in [4.78, 5) is 34.5.